The molecule has 6 nitrogen and oxygen atoms in total. The van der Waals surface area contributed by atoms with Crippen molar-refractivity contribution in [3.63, 3.8) is 0 Å². The number of aromatic nitrogens is 3. The topological polar surface area (TPSA) is 77.2 Å². The zero-order valence-electron chi connectivity index (χ0n) is 18.1. The summed E-state index contributed by atoms with van der Waals surface area (Å²) in [7, 11) is 0. The molecule has 2 aromatic heterocycles. The van der Waals surface area contributed by atoms with Crippen LogP contribution in [0.15, 0.2) is 47.2 Å². The van der Waals surface area contributed by atoms with Crippen LogP contribution < -0.4 is 4.74 Å². The highest BCUT2D eigenvalue weighted by Gasteiger charge is 2.15. The monoisotopic (exact) mass is 485 g/mol. The van der Waals surface area contributed by atoms with Gasteiger partial charge in [-0.2, -0.15) is 5.10 Å². The zero-order chi connectivity index (χ0) is 22.4. The SMILES string of the molecule is CCc1cccc(CC(=O)O)c1OCCCc1cn(-c2ccc(Br)cn2)nc1C(C)C. The van der Waals surface area contributed by atoms with E-state index in [4.69, 9.17) is 9.84 Å². The Morgan fingerprint density at radius 3 is 2.61 bits per heavy atom. The first-order valence-electron chi connectivity index (χ1n) is 10.5. The van der Waals surface area contributed by atoms with Gasteiger partial charge in [0, 0.05) is 22.4 Å². The van der Waals surface area contributed by atoms with E-state index in [1.807, 2.05) is 48.1 Å². The Balaban J connectivity index is 1.70. The number of ether oxygens (including phenoxy) is 1. The van der Waals surface area contributed by atoms with E-state index < -0.39 is 5.97 Å². The zero-order valence-corrected chi connectivity index (χ0v) is 19.7. The standard InChI is InChI=1S/C24H28BrN3O3/c1-4-17-7-5-8-18(13-22(29)30)24(17)31-12-6-9-19-15-28(27-23(19)16(2)3)21-11-10-20(25)14-26-21/h5,7-8,10-11,14-16H,4,6,9,12-13H2,1-3H3,(H,29,30). The molecule has 0 spiro atoms. The van der Waals surface area contributed by atoms with Crippen LogP contribution in [-0.4, -0.2) is 32.4 Å². The highest BCUT2D eigenvalue weighted by Crippen LogP contribution is 2.26. The summed E-state index contributed by atoms with van der Waals surface area (Å²) in [5.74, 6) is 0.943. The van der Waals surface area contributed by atoms with Gasteiger partial charge in [0.1, 0.15) is 5.75 Å². The van der Waals surface area contributed by atoms with E-state index in [2.05, 4.69) is 34.8 Å². The molecule has 0 radical (unpaired) electrons. The summed E-state index contributed by atoms with van der Waals surface area (Å²) in [5.41, 5.74) is 4.00. The number of para-hydroxylation sites is 1. The first kappa shape index (κ1) is 23.0. The first-order chi connectivity index (χ1) is 14.9. The predicted molar refractivity (Wildman–Crippen MR) is 124 cm³/mol. The van der Waals surface area contributed by atoms with Gasteiger partial charge in [-0.25, -0.2) is 9.67 Å². The third-order valence-corrected chi connectivity index (χ3v) is 5.52. The normalized spacial score (nSPS) is 11.1. The fourth-order valence-corrected chi connectivity index (χ4v) is 3.80. The summed E-state index contributed by atoms with van der Waals surface area (Å²) in [5, 5.41) is 14.0. The number of hydrogen-bond acceptors (Lipinski definition) is 4. The number of carboxylic acid groups (broad SMARTS) is 1. The van der Waals surface area contributed by atoms with Crippen molar-refractivity contribution in [2.45, 2.75) is 52.4 Å². The molecule has 7 heteroatoms. The van der Waals surface area contributed by atoms with Crippen molar-refractivity contribution in [2.75, 3.05) is 6.61 Å². The second-order valence-corrected chi connectivity index (χ2v) is 8.67. The molecule has 0 unspecified atom stereocenters. The van der Waals surface area contributed by atoms with Crippen molar-refractivity contribution in [2.24, 2.45) is 0 Å². The lowest BCUT2D eigenvalue weighted by molar-refractivity contribution is -0.136. The van der Waals surface area contributed by atoms with Crippen LogP contribution >= 0.6 is 15.9 Å². The fourth-order valence-electron chi connectivity index (χ4n) is 3.56. The lowest BCUT2D eigenvalue weighted by atomic mass is 10.0. The number of carbonyl (C=O) groups is 1. The average molecular weight is 486 g/mol. The summed E-state index contributed by atoms with van der Waals surface area (Å²) >= 11 is 3.41. The molecule has 3 aromatic rings. The van der Waals surface area contributed by atoms with Crippen molar-refractivity contribution >= 4 is 21.9 Å². The molecule has 3 rings (SSSR count). The van der Waals surface area contributed by atoms with E-state index in [0.717, 1.165) is 46.4 Å². The van der Waals surface area contributed by atoms with Gasteiger partial charge in [0.15, 0.2) is 5.82 Å². The first-order valence-corrected chi connectivity index (χ1v) is 11.3. The third-order valence-electron chi connectivity index (χ3n) is 5.05. The quantitative estimate of drug-likeness (QED) is 0.391. The van der Waals surface area contributed by atoms with Crippen LogP contribution in [0, 0.1) is 0 Å². The lowest BCUT2D eigenvalue weighted by Crippen LogP contribution is -2.08. The van der Waals surface area contributed by atoms with Gasteiger partial charge in [-0.3, -0.25) is 4.79 Å². The minimum Gasteiger partial charge on any atom is -0.493 e. The molecule has 0 saturated heterocycles. The van der Waals surface area contributed by atoms with Crippen LogP contribution in [0.25, 0.3) is 5.82 Å². The molecule has 31 heavy (non-hydrogen) atoms. The molecule has 1 aromatic carbocycles. The van der Waals surface area contributed by atoms with Gasteiger partial charge in [-0.05, 0) is 64.4 Å². The predicted octanol–water partition coefficient (Wildman–Crippen LogP) is 5.35. The molecule has 0 saturated carbocycles. The summed E-state index contributed by atoms with van der Waals surface area (Å²) in [6.07, 6.45) is 6.21. The van der Waals surface area contributed by atoms with E-state index in [-0.39, 0.29) is 6.42 Å². The maximum Gasteiger partial charge on any atom is 0.307 e. The second-order valence-electron chi connectivity index (χ2n) is 7.75. The summed E-state index contributed by atoms with van der Waals surface area (Å²) in [6, 6.07) is 9.59. The minimum atomic E-state index is -0.853. The van der Waals surface area contributed by atoms with Gasteiger partial charge >= 0.3 is 5.97 Å². The summed E-state index contributed by atoms with van der Waals surface area (Å²) < 4.78 is 8.84. The van der Waals surface area contributed by atoms with E-state index in [1.54, 1.807) is 6.20 Å². The van der Waals surface area contributed by atoms with E-state index in [9.17, 15) is 9.90 Å². The molecule has 0 amide bonds. The number of halogens is 1. The maximum atomic E-state index is 11.2. The van der Waals surface area contributed by atoms with Crippen LogP contribution in [0.1, 0.15) is 55.5 Å². The van der Waals surface area contributed by atoms with Gasteiger partial charge in [0.25, 0.3) is 0 Å². The molecule has 0 aliphatic carbocycles. The Bertz CT molecular complexity index is 1030. The Morgan fingerprint density at radius 2 is 1.97 bits per heavy atom. The minimum absolute atomic E-state index is 0.0341. The lowest BCUT2D eigenvalue weighted by Gasteiger charge is -2.14. The number of nitrogens with zero attached hydrogens (tertiary/aromatic N) is 3. The molecule has 0 aliphatic heterocycles. The number of benzene rings is 1. The van der Waals surface area contributed by atoms with E-state index in [1.165, 1.54) is 5.56 Å². The third kappa shape index (κ3) is 5.94. The molecular weight excluding hydrogens is 458 g/mol. The van der Waals surface area contributed by atoms with E-state index >= 15 is 0 Å². The van der Waals surface area contributed by atoms with Gasteiger partial charge in [0.05, 0.1) is 18.7 Å². The van der Waals surface area contributed by atoms with E-state index in [0.29, 0.717) is 18.3 Å². The van der Waals surface area contributed by atoms with Crippen LogP contribution in [-0.2, 0) is 24.1 Å². The Morgan fingerprint density at radius 1 is 1.19 bits per heavy atom. The van der Waals surface area contributed by atoms with Crippen LogP contribution in [0.4, 0.5) is 0 Å². The summed E-state index contributed by atoms with van der Waals surface area (Å²) in [4.78, 5) is 15.6. The fraction of sp³-hybridized carbons (Fsp3) is 0.375. The average Bonchev–Trinajstić information content (AvgIpc) is 3.16. The van der Waals surface area contributed by atoms with Gasteiger partial charge in [0.2, 0.25) is 0 Å². The highest BCUT2D eigenvalue weighted by molar-refractivity contribution is 9.10. The van der Waals surface area contributed by atoms with Crippen molar-refractivity contribution in [1.29, 1.82) is 0 Å². The van der Waals surface area contributed by atoms with Crippen LogP contribution in [0.2, 0.25) is 0 Å². The van der Waals surface area contributed by atoms with Gasteiger partial charge < -0.3 is 9.84 Å². The van der Waals surface area contributed by atoms with Crippen LogP contribution in [0.3, 0.4) is 0 Å². The van der Waals surface area contributed by atoms with Crippen molar-refractivity contribution in [3.05, 3.63) is 69.6 Å². The highest BCUT2D eigenvalue weighted by atomic mass is 79.9. The molecule has 0 atom stereocenters. The number of aliphatic carboxylic acids is 1. The Kier molecular flexibility index (Phi) is 7.85. The number of rotatable bonds is 10. The molecule has 2 heterocycles. The second kappa shape index (κ2) is 10.6. The smallest absolute Gasteiger partial charge is 0.307 e. The van der Waals surface area contributed by atoms with Crippen molar-refractivity contribution in [3.8, 4) is 11.6 Å². The number of carboxylic acids is 1. The van der Waals surface area contributed by atoms with Crippen molar-refractivity contribution < 1.29 is 14.6 Å². The number of hydrogen-bond donors (Lipinski definition) is 1. The number of aryl methyl sites for hydroxylation is 2. The molecular formula is C24H28BrN3O3. The largest absolute Gasteiger partial charge is 0.493 e. The molecule has 1 N–H and O–H groups in total. The maximum absolute atomic E-state index is 11.2. The summed E-state index contributed by atoms with van der Waals surface area (Å²) in [6.45, 7) is 6.84. The Hall–Kier alpha value is -2.67. The van der Waals surface area contributed by atoms with Crippen molar-refractivity contribution in [1.82, 2.24) is 14.8 Å². The van der Waals surface area contributed by atoms with Gasteiger partial charge in [-0.15, -0.1) is 0 Å². The Labute approximate surface area is 191 Å². The molecule has 0 fully saturated rings. The number of pyridine rings is 1. The van der Waals surface area contributed by atoms with Crippen LogP contribution in [0.5, 0.6) is 5.75 Å². The van der Waals surface area contributed by atoms with Gasteiger partial charge in [-0.1, -0.05) is 39.0 Å². The molecule has 164 valence electrons. The molecule has 0 aliphatic rings. The molecule has 0 bridgehead atoms.